The summed E-state index contributed by atoms with van der Waals surface area (Å²) in [6, 6.07) is 0. The van der Waals surface area contributed by atoms with Gasteiger partial charge in [0, 0.05) is 19.3 Å². The van der Waals surface area contributed by atoms with Gasteiger partial charge in [0.25, 0.3) is 0 Å². The van der Waals surface area contributed by atoms with Crippen LogP contribution < -0.4 is 0 Å². The normalized spacial score (nSPS) is 12.1. The van der Waals surface area contributed by atoms with Crippen molar-refractivity contribution >= 4 is 17.9 Å². The molecule has 0 aliphatic heterocycles. The highest BCUT2D eigenvalue weighted by molar-refractivity contribution is 5.71. The van der Waals surface area contributed by atoms with Crippen LogP contribution in [0, 0.1) is 0 Å². The van der Waals surface area contributed by atoms with Crippen LogP contribution in [0.1, 0.15) is 265 Å². The van der Waals surface area contributed by atoms with Gasteiger partial charge in [0.15, 0.2) is 6.10 Å². The molecular formula is C51H94O6. The van der Waals surface area contributed by atoms with Crippen LogP contribution in [0.5, 0.6) is 0 Å². The quantitative estimate of drug-likeness (QED) is 0.0264. The maximum atomic E-state index is 12.7. The predicted molar refractivity (Wildman–Crippen MR) is 243 cm³/mol. The highest BCUT2D eigenvalue weighted by Gasteiger charge is 2.19. The second kappa shape index (κ2) is 46.6. The first-order valence-electron chi connectivity index (χ1n) is 24.9. The van der Waals surface area contributed by atoms with Gasteiger partial charge >= 0.3 is 17.9 Å². The predicted octanol–water partition coefficient (Wildman–Crippen LogP) is 16.0. The monoisotopic (exact) mass is 803 g/mol. The summed E-state index contributed by atoms with van der Waals surface area (Å²) in [5.41, 5.74) is 0. The Hall–Kier alpha value is -2.11. The summed E-state index contributed by atoms with van der Waals surface area (Å²) in [5.74, 6) is -0.881. The van der Waals surface area contributed by atoms with Crippen molar-refractivity contribution in [2.75, 3.05) is 13.2 Å². The van der Waals surface area contributed by atoms with E-state index < -0.39 is 6.10 Å². The van der Waals surface area contributed by atoms with Crippen molar-refractivity contribution in [3.63, 3.8) is 0 Å². The lowest BCUT2D eigenvalue weighted by atomic mass is 10.0. The number of rotatable bonds is 45. The van der Waals surface area contributed by atoms with E-state index in [1.807, 2.05) is 0 Å². The highest BCUT2D eigenvalue weighted by Crippen LogP contribution is 2.15. The molecule has 0 aromatic rings. The van der Waals surface area contributed by atoms with Gasteiger partial charge in [-0.1, -0.05) is 225 Å². The lowest BCUT2D eigenvalue weighted by Gasteiger charge is -2.18. The molecule has 0 aliphatic carbocycles. The molecule has 6 heteroatoms. The number of carbonyl (C=O) groups excluding carboxylic acids is 3. The molecule has 0 bridgehead atoms. The Morgan fingerprint density at radius 3 is 0.930 bits per heavy atom. The number of esters is 3. The van der Waals surface area contributed by atoms with Gasteiger partial charge in [0.1, 0.15) is 13.2 Å². The van der Waals surface area contributed by atoms with Crippen molar-refractivity contribution in [3.05, 3.63) is 24.3 Å². The zero-order valence-corrected chi connectivity index (χ0v) is 38.1. The van der Waals surface area contributed by atoms with E-state index in [1.54, 1.807) is 0 Å². The molecule has 0 amide bonds. The lowest BCUT2D eigenvalue weighted by molar-refractivity contribution is -0.167. The smallest absolute Gasteiger partial charge is 0.306 e. The molecule has 6 nitrogen and oxygen atoms in total. The molecule has 0 aromatic heterocycles. The average Bonchev–Trinajstić information content (AvgIpc) is 3.21. The third-order valence-corrected chi connectivity index (χ3v) is 11.0. The average molecular weight is 803 g/mol. The van der Waals surface area contributed by atoms with Crippen molar-refractivity contribution in [3.8, 4) is 0 Å². The molecule has 0 heterocycles. The number of hydrogen-bond acceptors (Lipinski definition) is 6. The van der Waals surface area contributed by atoms with Crippen LogP contribution in [0.15, 0.2) is 24.3 Å². The van der Waals surface area contributed by atoms with Gasteiger partial charge in [-0.05, 0) is 44.9 Å². The van der Waals surface area contributed by atoms with Crippen LogP contribution in [0.25, 0.3) is 0 Å². The Labute approximate surface area is 353 Å². The summed E-state index contributed by atoms with van der Waals surface area (Å²) in [7, 11) is 0. The second-order valence-electron chi connectivity index (χ2n) is 16.8. The van der Waals surface area contributed by atoms with Gasteiger partial charge < -0.3 is 14.2 Å². The SMILES string of the molecule is CCCCCCCCC/C=C\C=C/CCCCCCCC(=O)OCC(COC(=O)CCCCCCCCCCC)OC(=O)CCCCCCCCCCCCCC. The fraction of sp³-hybridized carbons (Fsp3) is 0.863. The summed E-state index contributed by atoms with van der Waals surface area (Å²) >= 11 is 0. The molecule has 0 saturated carbocycles. The second-order valence-corrected chi connectivity index (χ2v) is 16.8. The summed E-state index contributed by atoms with van der Waals surface area (Å²) < 4.78 is 16.7. The number of hydrogen-bond donors (Lipinski definition) is 0. The third kappa shape index (κ3) is 44.8. The van der Waals surface area contributed by atoms with Gasteiger partial charge in [0.05, 0.1) is 0 Å². The van der Waals surface area contributed by atoms with Crippen LogP contribution in [-0.4, -0.2) is 37.2 Å². The molecule has 0 spiro atoms. The minimum atomic E-state index is -0.769. The standard InChI is InChI=1S/C51H94O6/c1-4-7-10-13-16-19-21-23-24-25-26-27-28-30-32-35-38-41-44-50(53)56-47-48(46-55-49(52)43-40-37-34-31-18-15-12-9-6-3)57-51(54)45-42-39-36-33-29-22-20-17-14-11-8-5-2/h24-27,48H,4-23,28-47H2,1-3H3/b25-24-,27-26-. The van der Waals surface area contributed by atoms with E-state index in [9.17, 15) is 14.4 Å². The van der Waals surface area contributed by atoms with E-state index in [0.29, 0.717) is 19.3 Å². The number of unbranched alkanes of at least 4 members (excludes halogenated alkanes) is 31. The Kier molecular flexibility index (Phi) is 44.9. The van der Waals surface area contributed by atoms with Crippen molar-refractivity contribution in [1.82, 2.24) is 0 Å². The van der Waals surface area contributed by atoms with E-state index in [-0.39, 0.29) is 31.1 Å². The molecule has 0 aromatic carbocycles. The maximum Gasteiger partial charge on any atom is 0.306 e. The third-order valence-electron chi connectivity index (χ3n) is 11.0. The first kappa shape index (κ1) is 54.9. The molecule has 0 fully saturated rings. The maximum absolute atomic E-state index is 12.7. The van der Waals surface area contributed by atoms with Crippen LogP contribution in [0.4, 0.5) is 0 Å². The molecule has 0 saturated heterocycles. The van der Waals surface area contributed by atoms with Crippen molar-refractivity contribution in [1.29, 1.82) is 0 Å². The fourth-order valence-electron chi connectivity index (χ4n) is 7.20. The zero-order chi connectivity index (χ0) is 41.5. The Morgan fingerprint density at radius 1 is 0.351 bits per heavy atom. The lowest BCUT2D eigenvalue weighted by Crippen LogP contribution is -2.30. The van der Waals surface area contributed by atoms with Gasteiger partial charge in [-0.15, -0.1) is 0 Å². The van der Waals surface area contributed by atoms with E-state index in [2.05, 4.69) is 45.1 Å². The summed E-state index contributed by atoms with van der Waals surface area (Å²) in [4.78, 5) is 37.8. The fourth-order valence-corrected chi connectivity index (χ4v) is 7.20. The number of carbonyl (C=O) groups is 3. The Balaban J connectivity index is 4.31. The first-order valence-corrected chi connectivity index (χ1v) is 24.9. The van der Waals surface area contributed by atoms with Crippen molar-refractivity contribution in [2.24, 2.45) is 0 Å². The largest absolute Gasteiger partial charge is 0.462 e. The Morgan fingerprint density at radius 2 is 0.614 bits per heavy atom. The minimum Gasteiger partial charge on any atom is -0.462 e. The number of ether oxygens (including phenoxy) is 3. The van der Waals surface area contributed by atoms with E-state index in [0.717, 1.165) is 77.0 Å². The summed E-state index contributed by atoms with van der Waals surface area (Å²) in [5, 5.41) is 0. The molecule has 0 radical (unpaired) electrons. The highest BCUT2D eigenvalue weighted by atomic mass is 16.6. The van der Waals surface area contributed by atoms with Crippen LogP contribution in [0.3, 0.4) is 0 Å². The van der Waals surface area contributed by atoms with Gasteiger partial charge in [-0.3, -0.25) is 14.4 Å². The van der Waals surface area contributed by atoms with Gasteiger partial charge in [0.2, 0.25) is 0 Å². The zero-order valence-electron chi connectivity index (χ0n) is 38.1. The van der Waals surface area contributed by atoms with Crippen LogP contribution in [-0.2, 0) is 28.6 Å². The summed E-state index contributed by atoms with van der Waals surface area (Å²) in [6.45, 7) is 6.61. The molecule has 1 unspecified atom stereocenters. The van der Waals surface area contributed by atoms with Crippen LogP contribution >= 0.6 is 0 Å². The van der Waals surface area contributed by atoms with Crippen molar-refractivity contribution < 1.29 is 28.6 Å². The molecule has 0 aliphatic rings. The first-order chi connectivity index (χ1) is 28.0. The molecule has 334 valence electrons. The topological polar surface area (TPSA) is 78.9 Å². The Bertz CT molecular complexity index is 927. The minimum absolute atomic E-state index is 0.0723. The number of allylic oxidation sites excluding steroid dienone is 4. The summed E-state index contributed by atoms with van der Waals surface area (Å²) in [6.07, 6.45) is 51.6. The van der Waals surface area contributed by atoms with E-state index in [4.69, 9.17) is 14.2 Å². The molecular weight excluding hydrogens is 709 g/mol. The molecule has 57 heavy (non-hydrogen) atoms. The molecule has 1 atom stereocenters. The van der Waals surface area contributed by atoms with Crippen LogP contribution in [0.2, 0.25) is 0 Å². The van der Waals surface area contributed by atoms with E-state index >= 15 is 0 Å². The van der Waals surface area contributed by atoms with Gasteiger partial charge in [-0.2, -0.15) is 0 Å². The van der Waals surface area contributed by atoms with E-state index in [1.165, 1.54) is 148 Å². The van der Waals surface area contributed by atoms with Crippen molar-refractivity contribution in [2.45, 2.75) is 271 Å². The van der Waals surface area contributed by atoms with Gasteiger partial charge in [-0.25, -0.2) is 0 Å². The molecule has 0 rings (SSSR count). The molecule has 0 N–H and O–H groups in total.